The summed E-state index contributed by atoms with van der Waals surface area (Å²) in [6.45, 7) is -0.265. The summed E-state index contributed by atoms with van der Waals surface area (Å²) in [7, 11) is -3.62. The molecular weight excluding hydrogens is 264 g/mol. The highest BCUT2D eigenvalue weighted by atomic mass is 32.2. The fourth-order valence-electron chi connectivity index (χ4n) is 1.24. The minimum absolute atomic E-state index is 0.0308. The van der Waals surface area contributed by atoms with Gasteiger partial charge in [0.25, 0.3) is 0 Å². The molecule has 0 amide bonds. The van der Waals surface area contributed by atoms with Gasteiger partial charge in [0.2, 0.25) is 10.0 Å². The topological polar surface area (TPSA) is 108 Å². The third-order valence-corrected chi connectivity index (χ3v) is 4.55. The lowest BCUT2D eigenvalue weighted by molar-refractivity contribution is 0.282. The van der Waals surface area contributed by atoms with E-state index >= 15 is 0 Å². The van der Waals surface area contributed by atoms with Gasteiger partial charge in [0.1, 0.15) is 12.2 Å². The number of thiophene rings is 1. The monoisotopic (exact) mass is 274 g/mol. The first-order valence-corrected chi connectivity index (χ1v) is 7.01. The van der Waals surface area contributed by atoms with Gasteiger partial charge in [-0.15, -0.1) is 11.3 Å². The van der Waals surface area contributed by atoms with E-state index in [2.05, 4.69) is 19.9 Å². The molecule has 17 heavy (non-hydrogen) atoms. The molecule has 3 N–H and O–H groups in total. The summed E-state index contributed by atoms with van der Waals surface area (Å²) < 4.78 is 26.2. The fourth-order valence-corrected chi connectivity index (χ4v) is 3.52. The van der Waals surface area contributed by atoms with Crippen LogP contribution in [-0.4, -0.2) is 28.7 Å². The number of sulfonamides is 1. The second-order valence-electron chi connectivity index (χ2n) is 3.12. The maximum Gasteiger partial charge on any atom is 0.242 e. The molecule has 0 fully saturated rings. The number of nitrogens with zero attached hydrogens (tertiary/aromatic N) is 2. The molecule has 2 heterocycles. The Morgan fingerprint density at radius 1 is 1.53 bits per heavy atom. The number of H-pyrrole nitrogens is 1. The van der Waals surface area contributed by atoms with Crippen molar-refractivity contribution in [3.05, 3.63) is 28.5 Å². The van der Waals surface area contributed by atoms with E-state index in [9.17, 15) is 8.42 Å². The van der Waals surface area contributed by atoms with E-state index in [1.165, 1.54) is 23.7 Å². The molecule has 92 valence electrons. The predicted octanol–water partition coefficient (Wildman–Crippen LogP) is -0.163. The molecule has 0 bridgehead atoms. The predicted molar refractivity (Wildman–Crippen MR) is 60.7 cm³/mol. The van der Waals surface area contributed by atoms with Gasteiger partial charge in [-0.05, 0) is 11.4 Å². The van der Waals surface area contributed by atoms with E-state index in [4.69, 9.17) is 5.11 Å². The second kappa shape index (κ2) is 4.92. The Kier molecular flexibility index (Phi) is 3.52. The number of aliphatic hydroxyl groups excluding tert-OH is 1. The first-order valence-electron chi connectivity index (χ1n) is 4.64. The zero-order chi connectivity index (χ0) is 12.3. The lowest BCUT2D eigenvalue weighted by atomic mass is 10.5. The Balaban J connectivity index is 2.14. The standard InChI is InChI=1S/C8H10N4O3S2/c13-4-6-7(1-2-16-6)17(14,15)11-3-8-9-5-10-12-8/h1-2,5,11,13H,3-4H2,(H,9,10,12). The average Bonchev–Trinajstić information content (AvgIpc) is 2.97. The molecule has 0 atom stereocenters. The molecule has 0 aliphatic rings. The van der Waals surface area contributed by atoms with Gasteiger partial charge in [0.05, 0.1) is 18.0 Å². The van der Waals surface area contributed by atoms with Crippen LogP contribution in [0.25, 0.3) is 0 Å². The maximum absolute atomic E-state index is 11.9. The summed E-state index contributed by atoms with van der Waals surface area (Å²) in [5.74, 6) is 0.425. The molecule has 2 rings (SSSR count). The minimum Gasteiger partial charge on any atom is -0.391 e. The third-order valence-electron chi connectivity index (χ3n) is 2.03. The summed E-state index contributed by atoms with van der Waals surface area (Å²) in [6.07, 6.45) is 1.30. The molecule has 2 aromatic heterocycles. The summed E-state index contributed by atoms with van der Waals surface area (Å²) in [4.78, 5) is 4.32. The molecule has 2 aromatic rings. The first-order chi connectivity index (χ1) is 8.13. The second-order valence-corrected chi connectivity index (χ2v) is 5.86. The lowest BCUT2D eigenvalue weighted by Crippen LogP contribution is -2.24. The van der Waals surface area contributed by atoms with Crippen molar-refractivity contribution in [3.8, 4) is 0 Å². The number of hydrogen-bond donors (Lipinski definition) is 3. The van der Waals surface area contributed by atoms with E-state index in [0.29, 0.717) is 10.7 Å². The van der Waals surface area contributed by atoms with Crippen molar-refractivity contribution in [1.82, 2.24) is 19.9 Å². The van der Waals surface area contributed by atoms with Gasteiger partial charge in [0, 0.05) is 4.88 Å². The summed E-state index contributed by atoms with van der Waals surface area (Å²) in [5.41, 5.74) is 0. The molecule has 9 heteroatoms. The number of hydrogen-bond acceptors (Lipinski definition) is 6. The Labute approximate surface area is 102 Å². The summed E-state index contributed by atoms with van der Waals surface area (Å²) in [6, 6.07) is 1.46. The molecule has 0 aliphatic heterocycles. The van der Waals surface area contributed by atoms with Crippen molar-refractivity contribution >= 4 is 21.4 Å². The number of aliphatic hydroxyl groups is 1. The average molecular weight is 274 g/mol. The highest BCUT2D eigenvalue weighted by molar-refractivity contribution is 7.89. The molecule has 0 unspecified atom stereocenters. The van der Waals surface area contributed by atoms with Gasteiger partial charge < -0.3 is 5.11 Å². The van der Waals surface area contributed by atoms with Crippen molar-refractivity contribution in [3.63, 3.8) is 0 Å². The van der Waals surface area contributed by atoms with Gasteiger partial charge in [-0.1, -0.05) is 0 Å². The molecule has 7 nitrogen and oxygen atoms in total. The number of rotatable bonds is 5. The Bertz CT molecular complexity index is 576. The highest BCUT2D eigenvalue weighted by Gasteiger charge is 2.19. The Hall–Kier alpha value is -1.29. The van der Waals surface area contributed by atoms with Gasteiger partial charge in [-0.25, -0.2) is 18.1 Å². The van der Waals surface area contributed by atoms with Crippen LogP contribution in [-0.2, 0) is 23.2 Å². The SMILES string of the molecule is O=S(=O)(NCc1ncn[nH]1)c1ccsc1CO. The van der Waals surface area contributed by atoms with E-state index < -0.39 is 10.0 Å². The number of aromatic nitrogens is 3. The van der Waals surface area contributed by atoms with Crippen LogP contribution < -0.4 is 4.72 Å². The van der Waals surface area contributed by atoms with Crippen LogP contribution in [0.2, 0.25) is 0 Å². The van der Waals surface area contributed by atoms with Crippen molar-refractivity contribution in [2.45, 2.75) is 18.0 Å². The Morgan fingerprint density at radius 3 is 3.00 bits per heavy atom. The van der Waals surface area contributed by atoms with Crippen molar-refractivity contribution < 1.29 is 13.5 Å². The molecule has 0 saturated heterocycles. The minimum atomic E-state index is -3.62. The van der Waals surface area contributed by atoms with Crippen LogP contribution in [0.4, 0.5) is 0 Å². The smallest absolute Gasteiger partial charge is 0.242 e. The van der Waals surface area contributed by atoms with Crippen LogP contribution in [0.15, 0.2) is 22.7 Å². The van der Waals surface area contributed by atoms with Gasteiger partial charge in [0.15, 0.2) is 0 Å². The summed E-state index contributed by atoms with van der Waals surface area (Å²) in [5, 5.41) is 16.8. The normalized spacial score (nSPS) is 11.8. The number of aromatic amines is 1. The van der Waals surface area contributed by atoms with Gasteiger partial charge in [-0.2, -0.15) is 5.10 Å². The van der Waals surface area contributed by atoms with Gasteiger partial charge in [-0.3, -0.25) is 5.10 Å². The van der Waals surface area contributed by atoms with E-state index in [-0.39, 0.29) is 18.0 Å². The van der Waals surface area contributed by atoms with E-state index in [1.807, 2.05) is 0 Å². The first kappa shape index (κ1) is 12.2. The van der Waals surface area contributed by atoms with E-state index in [0.717, 1.165) is 0 Å². The van der Waals surface area contributed by atoms with Crippen molar-refractivity contribution in [1.29, 1.82) is 0 Å². The molecule has 0 aromatic carbocycles. The zero-order valence-corrected chi connectivity index (χ0v) is 10.3. The molecule has 0 saturated carbocycles. The van der Waals surface area contributed by atoms with Crippen LogP contribution in [0.3, 0.4) is 0 Å². The van der Waals surface area contributed by atoms with Crippen LogP contribution in [0, 0.1) is 0 Å². The number of nitrogens with one attached hydrogen (secondary N) is 2. The quantitative estimate of drug-likeness (QED) is 0.702. The molecule has 0 radical (unpaired) electrons. The lowest BCUT2D eigenvalue weighted by Gasteiger charge is -2.04. The Morgan fingerprint density at radius 2 is 2.35 bits per heavy atom. The molecular formula is C8H10N4O3S2. The van der Waals surface area contributed by atoms with Crippen molar-refractivity contribution in [2.75, 3.05) is 0 Å². The van der Waals surface area contributed by atoms with E-state index in [1.54, 1.807) is 5.38 Å². The highest BCUT2D eigenvalue weighted by Crippen LogP contribution is 2.21. The maximum atomic E-state index is 11.9. The fraction of sp³-hybridized carbons (Fsp3) is 0.250. The van der Waals surface area contributed by atoms with Crippen LogP contribution in [0.1, 0.15) is 10.7 Å². The van der Waals surface area contributed by atoms with Gasteiger partial charge >= 0.3 is 0 Å². The van der Waals surface area contributed by atoms with Crippen LogP contribution in [0.5, 0.6) is 0 Å². The third kappa shape index (κ3) is 2.69. The summed E-state index contributed by atoms with van der Waals surface area (Å²) >= 11 is 1.19. The van der Waals surface area contributed by atoms with Crippen molar-refractivity contribution in [2.24, 2.45) is 0 Å². The van der Waals surface area contributed by atoms with Crippen LogP contribution >= 0.6 is 11.3 Å². The largest absolute Gasteiger partial charge is 0.391 e. The zero-order valence-electron chi connectivity index (χ0n) is 8.62. The molecule has 0 spiro atoms. The molecule has 0 aliphatic carbocycles.